The molecule has 1 amide bonds. The molecule has 3 rings (SSSR count). The van der Waals surface area contributed by atoms with Gasteiger partial charge in [0.2, 0.25) is 0 Å². The Kier molecular flexibility index (Phi) is 7.43. The molecular weight excluding hydrogens is 440 g/mol. The number of nitrogens with one attached hydrogen (secondary N) is 1. The fraction of sp³-hybridized carbons (Fsp3) is 0.167. The van der Waals surface area contributed by atoms with Gasteiger partial charge in [-0.05, 0) is 55.0 Å². The molecule has 0 unspecified atom stereocenters. The number of benzene rings is 3. The molecule has 1 atom stereocenters. The van der Waals surface area contributed by atoms with E-state index in [2.05, 4.69) is 10.1 Å². The quantitative estimate of drug-likeness (QED) is 0.475. The fourth-order valence-electron chi connectivity index (χ4n) is 2.98. The van der Waals surface area contributed by atoms with Gasteiger partial charge in [0.15, 0.2) is 0 Å². The third-order valence-corrected chi connectivity index (χ3v) is 5.00. The molecule has 166 valence electrons. The summed E-state index contributed by atoms with van der Waals surface area (Å²) in [6.45, 7) is 1.59. The van der Waals surface area contributed by atoms with E-state index in [1.54, 1.807) is 37.3 Å². The van der Waals surface area contributed by atoms with Crippen molar-refractivity contribution in [2.75, 3.05) is 7.11 Å². The van der Waals surface area contributed by atoms with Gasteiger partial charge in [-0.25, -0.2) is 13.6 Å². The Bertz CT molecular complexity index is 1140. The van der Waals surface area contributed by atoms with E-state index >= 15 is 0 Å². The Morgan fingerprint density at radius 2 is 1.75 bits per heavy atom. The molecule has 0 aromatic heterocycles. The molecule has 0 aliphatic carbocycles. The minimum absolute atomic E-state index is 0.145. The molecule has 0 radical (unpaired) electrons. The second-order valence-electron chi connectivity index (χ2n) is 6.97. The number of esters is 1. The van der Waals surface area contributed by atoms with Crippen molar-refractivity contribution in [1.82, 2.24) is 5.32 Å². The Hall–Kier alpha value is -3.45. The number of carbonyl (C=O) groups is 2. The number of halogens is 3. The standard InChI is InChI=1S/C24H20ClF2NO4/c1-14(15-3-5-16(6-4-15)24(30)31-2)28-23(29)20-11-18(25)8-10-22(20)32-13-17-7-9-19(26)12-21(17)27/h3-12,14H,13H2,1-2H3,(H,28,29)/t14-/m0/s1. The predicted molar refractivity (Wildman–Crippen MR) is 116 cm³/mol. The summed E-state index contributed by atoms with van der Waals surface area (Å²) in [7, 11) is 1.30. The smallest absolute Gasteiger partial charge is 0.337 e. The second-order valence-corrected chi connectivity index (χ2v) is 7.41. The Morgan fingerprint density at radius 1 is 1.03 bits per heavy atom. The van der Waals surface area contributed by atoms with E-state index in [1.807, 2.05) is 0 Å². The molecule has 0 aliphatic rings. The number of rotatable bonds is 7. The lowest BCUT2D eigenvalue weighted by atomic mass is 10.1. The number of ether oxygens (including phenoxy) is 2. The maximum atomic E-state index is 13.9. The lowest BCUT2D eigenvalue weighted by molar-refractivity contribution is 0.0600. The van der Waals surface area contributed by atoms with Crippen LogP contribution in [0.2, 0.25) is 5.02 Å². The molecule has 0 bridgehead atoms. The van der Waals surface area contributed by atoms with Gasteiger partial charge in [0.1, 0.15) is 24.0 Å². The second kappa shape index (κ2) is 10.2. The Labute approximate surface area is 188 Å². The van der Waals surface area contributed by atoms with Crippen molar-refractivity contribution < 1.29 is 27.8 Å². The zero-order chi connectivity index (χ0) is 23.3. The molecular formula is C24H20ClF2NO4. The number of hydrogen-bond acceptors (Lipinski definition) is 4. The zero-order valence-electron chi connectivity index (χ0n) is 17.3. The van der Waals surface area contributed by atoms with E-state index in [9.17, 15) is 18.4 Å². The van der Waals surface area contributed by atoms with Gasteiger partial charge >= 0.3 is 5.97 Å². The van der Waals surface area contributed by atoms with Crippen LogP contribution < -0.4 is 10.1 Å². The molecule has 0 heterocycles. The van der Waals surface area contributed by atoms with Crippen molar-refractivity contribution in [3.63, 3.8) is 0 Å². The van der Waals surface area contributed by atoms with Crippen molar-refractivity contribution >= 4 is 23.5 Å². The average molecular weight is 460 g/mol. The van der Waals surface area contributed by atoms with Gasteiger partial charge < -0.3 is 14.8 Å². The van der Waals surface area contributed by atoms with Crippen LogP contribution in [0.1, 0.15) is 44.8 Å². The maximum Gasteiger partial charge on any atom is 0.337 e. The molecule has 5 nitrogen and oxygen atoms in total. The zero-order valence-corrected chi connectivity index (χ0v) is 18.1. The van der Waals surface area contributed by atoms with Crippen molar-refractivity contribution in [1.29, 1.82) is 0 Å². The van der Waals surface area contributed by atoms with Crippen LogP contribution in [-0.2, 0) is 11.3 Å². The predicted octanol–water partition coefficient (Wildman–Crippen LogP) is 5.47. The maximum absolute atomic E-state index is 13.9. The van der Waals surface area contributed by atoms with Crippen LogP contribution in [0.15, 0.2) is 60.7 Å². The summed E-state index contributed by atoms with van der Waals surface area (Å²) in [5.41, 5.74) is 1.47. The Morgan fingerprint density at radius 3 is 2.41 bits per heavy atom. The van der Waals surface area contributed by atoms with Crippen LogP contribution >= 0.6 is 11.6 Å². The van der Waals surface area contributed by atoms with E-state index in [0.29, 0.717) is 10.6 Å². The highest BCUT2D eigenvalue weighted by atomic mass is 35.5. The first-order valence-corrected chi connectivity index (χ1v) is 10.0. The summed E-state index contributed by atoms with van der Waals surface area (Å²) >= 11 is 6.05. The van der Waals surface area contributed by atoms with Crippen molar-refractivity contribution in [3.8, 4) is 5.75 Å². The summed E-state index contributed by atoms with van der Waals surface area (Å²) in [6.07, 6.45) is 0. The van der Waals surface area contributed by atoms with E-state index in [-0.39, 0.29) is 23.5 Å². The van der Waals surface area contributed by atoms with Crippen LogP contribution in [0.4, 0.5) is 8.78 Å². The Balaban J connectivity index is 1.74. The average Bonchev–Trinajstić information content (AvgIpc) is 2.78. The number of amides is 1. The van der Waals surface area contributed by atoms with Crippen molar-refractivity contribution in [2.24, 2.45) is 0 Å². The lowest BCUT2D eigenvalue weighted by Gasteiger charge is -2.17. The van der Waals surface area contributed by atoms with E-state index in [0.717, 1.165) is 17.7 Å². The van der Waals surface area contributed by atoms with Gasteiger partial charge in [-0.2, -0.15) is 0 Å². The van der Waals surface area contributed by atoms with Gasteiger partial charge in [-0.15, -0.1) is 0 Å². The third-order valence-electron chi connectivity index (χ3n) is 4.76. The monoisotopic (exact) mass is 459 g/mol. The molecule has 3 aromatic rings. The van der Waals surface area contributed by atoms with E-state index in [1.165, 1.54) is 25.3 Å². The van der Waals surface area contributed by atoms with Gasteiger partial charge in [0.25, 0.3) is 5.91 Å². The largest absolute Gasteiger partial charge is 0.488 e. The first-order chi connectivity index (χ1) is 15.3. The molecule has 0 saturated carbocycles. The van der Waals surface area contributed by atoms with Crippen LogP contribution in [0, 0.1) is 11.6 Å². The number of methoxy groups -OCH3 is 1. The minimum atomic E-state index is -0.742. The van der Waals surface area contributed by atoms with Crippen LogP contribution in [-0.4, -0.2) is 19.0 Å². The number of carbonyl (C=O) groups excluding carboxylic acids is 2. The molecule has 0 fully saturated rings. The van der Waals surface area contributed by atoms with E-state index in [4.69, 9.17) is 16.3 Å². The molecule has 1 N–H and O–H groups in total. The lowest BCUT2D eigenvalue weighted by Crippen LogP contribution is -2.27. The number of hydrogen-bond donors (Lipinski definition) is 1. The topological polar surface area (TPSA) is 64.6 Å². The first kappa shape index (κ1) is 23.2. The van der Waals surface area contributed by atoms with Gasteiger partial charge in [-0.1, -0.05) is 23.7 Å². The van der Waals surface area contributed by atoms with Gasteiger partial charge in [0, 0.05) is 16.7 Å². The van der Waals surface area contributed by atoms with Crippen molar-refractivity contribution in [3.05, 3.63) is 99.6 Å². The van der Waals surface area contributed by atoms with Gasteiger partial charge in [-0.3, -0.25) is 4.79 Å². The fourth-order valence-corrected chi connectivity index (χ4v) is 3.16. The highest BCUT2D eigenvalue weighted by Gasteiger charge is 2.18. The van der Waals surface area contributed by atoms with Crippen LogP contribution in [0.5, 0.6) is 5.75 Å². The van der Waals surface area contributed by atoms with Crippen LogP contribution in [0.25, 0.3) is 0 Å². The summed E-state index contributed by atoms with van der Waals surface area (Å²) in [5.74, 6) is -2.14. The SMILES string of the molecule is COC(=O)c1ccc([C@H](C)NC(=O)c2cc(Cl)ccc2OCc2ccc(F)cc2F)cc1. The normalized spacial score (nSPS) is 11.5. The molecule has 0 saturated heterocycles. The summed E-state index contributed by atoms with van der Waals surface area (Å²) in [4.78, 5) is 24.5. The summed E-state index contributed by atoms with van der Waals surface area (Å²) in [5, 5.41) is 3.17. The van der Waals surface area contributed by atoms with E-state index < -0.39 is 29.6 Å². The highest BCUT2D eigenvalue weighted by molar-refractivity contribution is 6.31. The first-order valence-electron chi connectivity index (χ1n) is 9.64. The molecule has 0 spiro atoms. The minimum Gasteiger partial charge on any atom is -0.488 e. The third kappa shape index (κ3) is 5.62. The molecule has 3 aromatic carbocycles. The molecule has 0 aliphatic heterocycles. The molecule has 32 heavy (non-hydrogen) atoms. The van der Waals surface area contributed by atoms with Crippen LogP contribution in [0.3, 0.4) is 0 Å². The summed E-state index contributed by atoms with van der Waals surface area (Å²) in [6, 6.07) is 13.9. The summed E-state index contributed by atoms with van der Waals surface area (Å²) < 4.78 is 37.3. The van der Waals surface area contributed by atoms with Gasteiger partial charge in [0.05, 0.1) is 24.3 Å². The highest BCUT2D eigenvalue weighted by Crippen LogP contribution is 2.25. The van der Waals surface area contributed by atoms with Crippen molar-refractivity contribution in [2.45, 2.75) is 19.6 Å². The molecule has 8 heteroatoms.